The second-order valence-electron chi connectivity index (χ2n) is 6.58. The number of carbonyl (C=O) groups is 2. The molecule has 0 atom stereocenters. The third-order valence-corrected chi connectivity index (χ3v) is 5.34. The Morgan fingerprint density at radius 3 is 2.46 bits per heavy atom. The van der Waals surface area contributed by atoms with Crippen molar-refractivity contribution >= 4 is 29.3 Å². The van der Waals surface area contributed by atoms with Gasteiger partial charge in [-0.15, -0.1) is 0 Å². The van der Waals surface area contributed by atoms with Gasteiger partial charge in [0.05, 0.1) is 12.8 Å². The molecule has 144 valence electrons. The molecule has 5 nitrogen and oxygen atoms in total. The molecular weight excluding hydrogens is 372 g/mol. The Balaban J connectivity index is 1.56. The zero-order valence-corrected chi connectivity index (χ0v) is 16.9. The van der Waals surface area contributed by atoms with Crippen LogP contribution in [0.4, 0.5) is 5.69 Å². The van der Waals surface area contributed by atoms with E-state index in [9.17, 15) is 9.59 Å². The first-order chi connectivity index (χ1) is 13.4. The lowest BCUT2D eigenvalue weighted by molar-refractivity contribution is -0.116. The van der Waals surface area contributed by atoms with E-state index in [1.54, 1.807) is 30.9 Å². The molecule has 2 aromatic carbocycles. The van der Waals surface area contributed by atoms with Crippen LogP contribution in [-0.2, 0) is 4.79 Å². The fraction of sp³-hybridized carbons (Fsp3) is 0.182. The minimum Gasteiger partial charge on any atom is -0.459 e. The van der Waals surface area contributed by atoms with E-state index in [-0.39, 0.29) is 24.1 Å². The smallest absolute Gasteiger partial charge is 0.289 e. The molecule has 1 N–H and O–H groups in total. The highest BCUT2D eigenvalue weighted by Gasteiger charge is 2.17. The number of amides is 2. The number of furan rings is 1. The quantitative estimate of drug-likeness (QED) is 0.655. The average Bonchev–Trinajstić information content (AvgIpc) is 3.19. The maximum Gasteiger partial charge on any atom is 0.289 e. The summed E-state index contributed by atoms with van der Waals surface area (Å²) < 4.78 is 5.07. The van der Waals surface area contributed by atoms with Gasteiger partial charge in [0.2, 0.25) is 5.91 Å². The van der Waals surface area contributed by atoms with Crippen molar-refractivity contribution in [1.29, 1.82) is 0 Å². The van der Waals surface area contributed by atoms with Crippen LogP contribution in [0.15, 0.2) is 75.1 Å². The Hall–Kier alpha value is -2.99. The molecule has 3 aromatic rings. The van der Waals surface area contributed by atoms with Gasteiger partial charge < -0.3 is 14.6 Å². The number of hydrogen-bond donors (Lipinski definition) is 1. The molecule has 0 aliphatic rings. The first kappa shape index (κ1) is 19.8. The normalized spacial score (nSPS) is 10.5. The van der Waals surface area contributed by atoms with E-state index in [2.05, 4.69) is 37.4 Å². The number of aryl methyl sites for hydroxylation is 2. The summed E-state index contributed by atoms with van der Waals surface area (Å²) in [5.41, 5.74) is 3.18. The molecule has 28 heavy (non-hydrogen) atoms. The Labute approximate surface area is 168 Å². The summed E-state index contributed by atoms with van der Waals surface area (Å²) >= 11 is 1.69. The molecule has 0 aliphatic carbocycles. The molecule has 0 fully saturated rings. The standard InChI is InChI=1S/C22H22N2O3S/c1-15-6-11-20(16(2)13-15)28-18-9-7-17(8-10-18)23-21(25)14-24(3)22(26)19-5-4-12-27-19/h4-13H,14H2,1-3H3,(H,23,25). The van der Waals surface area contributed by atoms with E-state index in [0.29, 0.717) is 5.69 Å². The maximum absolute atomic E-state index is 12.2. The number of likely N-dealkylation sites (N-methyl/N-ethyl adjacent to an activating group) is 1. The summed E-state index contributed by atoms with van der Waals surface area (Å²) in [4.78, 5) is 27.9. The molecule has 1 heterocycles. The lowest BCUT2D eigenvalue weighted by Gasteiger charge is -2.15. The fourth-order valence-electron chi connectivity index (χ4n) is 2.72. The van der Waals surface area contributed by atoms with Crippen LogP contribution in [-0.4, -0.2) is 30.3 Å². The summed E-state index contributed by atoms with van der Waals surface area (Å²) in [6.45, 7) is 4.13. The van der Waals surface area contributed by atoms with Crippen LogP contribution in [0.1, 0.15) is 21.7 Å². The predicted octanol–water partition coefficient (Wildman–Crippen LogP) is 4.76. The van der Waals surface area contributed by atoms with E-state index in [1.165, 1.54) is 27.2 Å². The van der Waals surface area contributed by atoms with E-state index in [0.717, 1.165) is 4.90 Å². The fourth-order valence-corrected chi connectivity index (χ4v) is 3.61. The number of nitrogens with one attached hydrogen (secondary N) is 1. The molecular formula is C22H22N2O3S. The average molecular weight is 394 g/mol. The summed E-state index contributed by atoms with van der Waals surface area (Å²) in [5.74, 6) is -0.388. The zero-order chi connectivity index (χ0) is 20.1. The van der Waals surface area contributed by atoms with Crippen molar-refractivity contribution in [2.75, 3.05) is 18.9 Å². The Bertz CT molecular complexity index is 966. The number of benzene rings is 2. The molecule has 3 rings (SSSR count). The number of carbonyl (C=O) groups excluding carboxylic acids is 2. The zero-order valence-electron chi connectivity index (χ0n) is 16.1. The van der Waals surface area contributed by atoms with Crippen molar-refractivity contribution in [3.05, 3.63) is 77.7 Å². The van der Waals surface area contributed by atoms with Crippen LogP contribution in [0.25, 0.3) is 0 Å². The summed E-state index contributed by atoms with van der Waals surface area (Å²) in [5, 5.41) is 2.81. The molecule has 0 aliphatic heterocycles. The summed E-state index contributed by atoms with van der Waals surface area (Å²) in [7, 11) is 1.56. The van der Waals surface area contributed by atoms with Crippen LogP contribution < -0.4 is 5.32 Å². The molecule has 0 saturated heterocycles. The highest BCUT2D eigenvalue weighted by Crippen LogP contribution is 2.31. The van der Waals surface area contributed by atoms with Crippen molar-refractivity contribution in [2.45, 2.75) is 23.6 Å². The Morgan fingerprint density at radius 1 is 1.07 bits per heavy atom. The monoisotopic (exact) mass is 394 g/mol. The minimum absolute atomic E-state index is 0.0569. The molecule has 6 heteroatoms. The second-order valence-corrected chi connectivity index (χ2v) is 7.70. The van der Waals surface area contributed by atoms with Crippen molar-refractivity contribution in [2.24, 2.45) is 0 Å². The predicted molar refractivity (Wildman–Crippen MR) is 111 cm³/mol. The third kappa shape index (κ3) is 5.04. The van der Waals surface area contributed by atoms with Gasteiger partial charge in [0.1, 0.15) is 0 Å². The van der Waals surface area contributed by atoms with Gasteiger partial charge in [-0.25, -0.2) is 0 Å². The van der Waals surface area contributed by atoms with Gasteiger partial charge in [-0.2, -0.15) is 0 Å². The van der Waals surface area contributed by atoms with Gasteiger partial charge >= 0.3 is 0 Å². The summed E-state index contributed by atoms with van der Waals surface area (Å²) in [6, 6.07) is 17.3. The van der Waals surface area contributed by atoms with Crippen molar-refractivity contribution in [3.8, 4) is 0 Å². The van der Waals surface area contributed by atoms with Gasteiger partial charge in [-0.05, 0) is 61.9 Å². The van der Waals surface area contributed by atoms with Crippen LogP contribution in [0.5, 0.6) is 0 Å². The SMILES string of the molecule is Cc1ccc(Sc2ccc(NC(=O)CN(C)C(=O)c3ccco3)cc2)c(C)c1. The van der Waals surface area contributed by atoms with Gasteiger partial charge in [-0.3, -0.25) is 9.59 Å². The number of nitrogens with zero attached hydrogens (tertiary/aromatic N) is 1. The maximum atomic E-state index is 12.2. The molecule has 0 bridgehead atoms. The Morgan fingerprint density at radius 2 is 1.82 bits per heavy atom. The highest BCUT2D eigenvalue weighted by atomic mass is 32.2. The molecule has 0 unspecified atom stereocenters. The molecule has 0 radical (unpaired) electrons. The Kier molecular flexibility index (Phi) is 6.21. The summed E-state index contributed by atoms with van der Waals surface area (Å²) in [6.07, 6.45) is 1.43. The van der Waals surface area contributed by atoms with Crippen molar-refractivity contribution < 1.29 is 14.0 Å². The highest BCUT2D eigenvalue weighted by molar-refractivity contribution is 7.99. The van der Waals surface area contributed by atoms with E-state index in [4.69, 9.17) is 4.42 Å². The van der Waals surface area contributed by atoms with Crippen molar-refractivity contribution in [3.63, 3.8) is 0 Å². The second kappa shape index (κ2) is 8.80. The van der Waals surface area contributed by atoms with Gasteiger partial charge in [-0.1, -0.05) is 29.5 Å². The first-order valence-corrected chi connectivity index (χ1v) is 9.68. The van der Waals surface area contributed by atoms with Crippen molar-refractivity contribution in [1.82, 2.24) is 4.90 Å². The lowest BCUT2D eigenvalue weighted by Crippen LogP contribution is -2.34. The van der Waals surface area contributed by atoms with Gasteiger partial charge in [0.25, 0.3) is 5.91 Å². The number of anilines is 1. The molecule has 1 aromatic heterocycles. The first-order valence-electron chi connectivity index (χ1n) is 8.86. The van der Waals surface area contributed by atoms with E-state index >= 15 is 0 Å². The van der Waals surface area contributed by atoms with Crippen LogP contribution >= 0.6 is 11.8 Å². The number of hydrogen-bond acceptors (Lipinski definition) is 4. The van der Waals surface area contributed by atoms with Crippen LogP contribution in [0.2, 0.25) is 0 Å². The molecule has 0 spiro atoms. The van der Waals surface area contributed by atoms with Gasteiger partial charge in [0, 0.05) is 22.5 Å². The largest absolute Gasteiger partial charge is 0.459 e. The third-order valence-electron chi connectivity index (χ3n) is 4.16. The lowest BCUT2D eigenvalue weighted by atomic mass is 10.2. The van der Waals surface area contributed by atoms with E-state index < -0.39 is 0 Å². The molecule has 2 amide bonds. The molecule has 0 saturated carbocycles. The minimum atomic E-state index is -0.333. The topological polar surface area (TPSA) is 62.6 Å². The number of rotatable bonds is 6. The van der Waals surface area contributed by atoms with Crippen LogP contribution in [0, 0.1) is 13.8 Å². The van der Waals surface area contributed by atoms with Crippen LogP contribution in [0.3, 0.4) is 0 Å². The van der Waals surface area contributed by atoms with Gasteiger partial charge in [0.15, 0.2) is 5.76 Å². The van der Waals surface area contributed by atoms with E-state index in [1.807, 2.05) is 24.3 Å².